The molecule has 0 fully saturated rings. The Labute approximate surface area is 185 Å². The fraction of sp³-hybridized carbons (Fsp3) is 0.346. The smallest absolute Gasteiger partial charge is 0.311 e. The molecular formula is C26H29ClO3. The van der Waals surface area contributed by atoms with E-state index in [1.54, 1.807) is 13.0 Å². The summed E-state index contributed by atoms with van der Waals surface area (Å²) >= 11 is 6.09. The molecule has 0 saturated carbocycles. The van der Waals surface area contributed by atoms with Gasteiger partial charge in [-0.05, 0) is 42.5 Å². The van der Waals surface area contributed by atoms with E-state index in [2.05, 4.69) is 5.92 Å². The molecule has 0 aromatic heterocycles. The van der Waals surface area contributed by atoms with E-state index in [9.17, 15) is 4.79 Å². The van der Waals surface area contributed by atoms with Crippen LogP contribution in [0.1, 0.15) is 46.3 Å². The Morgan fingerprint density at radius 1 is 1.10 bits per heavy atom. The Kier molecular flexibility index (Phi) is 8.15. The van der Waals surface area contributed by atoms with Crippen LogP contribution >= 0.6 is 11.6 Å². The fourth-order valence-corrected chi connectivity index (χ4v) is 4.07. The van der Waals surface area contributed by atoms with E-state index in [4.69, 9.17) is 27.5 Å². The Morgan fingerprint density at radius 2 is 1.73 bits per heavy atom. The average molecular weight is 425 g/mol. The summed E-state index contributed by atoms with van der Waals surface area (Å²) in [4.78, 5) is 13.1. The van der Waals surface area contributed by atoms with E-state index >= 15 is 0 Å². The van der Waals surface area contributed by atoms with E-state index in [0.717, 1.165) is 0 Å². The highest BCUT2D eigenvalue weighted by atomic mass is 35.5. The van der Waals surface area contributed by atoms with E-state index in [0.29, 0.717) is 22.1 Å². The van der Waals surface area contributed by atoms with Gasteiger partial charge in [0.1, 0.15) is 11.5 Å². The number of ether oxygens (including phenoxy) is 2. The summed E-state index contributed by atoms with van der Waals surface area (Å²) in [7, 11) is 0. The lowest BCUT2D eigenvalue weighted by atomic mass is 9.72. The predicted molar refractivity (Wildman–Crippen MR) is 122 cm³/mol. The summed E-state index contributed by atoms with van der Waals surface area (Å²) in [6.07, 6.45) is 6.80. The van der Waals surface area contributed by atoms with Crippen LogP contribution in [0.2, 0.25) is 0 Å². The van der Waals surface area contributed by atoms with Crippen LogP contribution in [-0.4, -0.2) is 5.97 Å². The minimum Gasteiger partial charge on any atom is -0.457 e. The highest BCUT2D eigenvalue weighted by molar-refractivity contribution is 6.29. The molecule has 4 heteroatoms. The lowest BCUT2D eigenvalue weighted by Crippen LogP contribution is -2.35. The van der Waals surface area contributed by atoms with Crippen molar-refractivity contribution in [1.82, 2.24) is 0 Å². The fourth-order valence-electron chi connectivity index (χ4n) is 3.79. The predicted octanol–water partition coefficient (Wildman–Crippen LogP) is 7.14. The van der Waals surface area contributed by atoms with Crippen molar-refractivity contribution in [3.63, 3.8) is 0 Å². The molecule has 2 aromatic carbocycles. The van der Waals surface area contributed by atoms with Crippen LogP contribution in [0.5, 0.6) is 11.5 Å². The molecule has 2 atom stereocenters. The van der Waals surface area contributed by atoms with Gasteiger partial charge in [0.05, 0.1) is 5.92 Å². The first-order valence-electron chi connectivity index (χ1n) is 9.98. The molecule has 0 aliphatic carbocycles. The molecule has 0 N–H and O–H groups in total. The number of hydrogen-bond acceptors (Lipinski definition) is 3. The first-order chi connectivity index (χ1) is 14.1. The molecule has 0 heterocycles. The number of para-hydroxylation sites is 1. The second-order valence-electron chi connectivity index (χ2n) is 8.25. The molecule has 0 aliphatic heterocycles. The molecule has 30 heavy (non-hydrogen) atoms. The summed E-state index contributed by atoms with van der Waals surface area (Å²) in [5.74, 6) is 3.23. The topological polar surface area (TPSA) is 35.5 Å². The van der Waals surface area contributed by atoms with Gasteiger partial charge >= 0.3 is 5.97 Å². The zero-order valence-corrected chi connectivity index (χ0v) is 18.9. The number of carbonyl (C=O) groups is 1. The van der Waals surface area contributed by atoms with E-state index in [1.165, 1.54) is 0 Å². The quantitative estimate of drug-likeness (QED) is 0.333. The number of esters is 1. The molecular weight excluding hydrogens is 396 g/mol. The zero-order valence-electron chi connectivity index (χ0n) is 18.2. The number of benzene rings is 2. The first-order valence-corrected chi connectivity index (χ1v) is 10.4. The SMILES string of the molecule is C#CC(OC(=O)C(C(C)C)C(C)(C)C=C(C)Cl)c1cccc(Oc2ccccc2)c1. The molecule has 0 radical (unpaired) electrons. The molecule has 2 rings (SSSR count). The monoisotopic (exact) mass is 424 g/mol. The van der Waals surface area contributed by atoms with Gasteiger partial charge in [0.2, 0.25) is 0 Å². The van der Waals surface area contributed by atoms with Gasteiger partial charge in [0.15, 0.2) is 6.10 Å². The minimum absolute atomic E-state index is 0.0472. The van der Waals surface area contributed by atoms with Gasteiger partial charge in [0, 0.05) is 10.6 Å². The second-order valence-corrected chi connectivity index (χ2v) is 8.84. The maximum Gasteiger partial charge on any atom is 0.311 e. The molecule has 0 bridgehead atoms. The molecule has 158 valence electrons. The Morgan fingerprint density at radius 3 is 2.30 bits per heavy atom. The first kappa shape index (κ1) is 23.6. The van der Waals surface area contributed by atoms with Crippen molar-refractivity contribution in [2.45, 2.75) is 40.7 Å². The summed E-state index contributed by atoms with van der Waals surface area (Å²) in [6.45, 7) is 9.73. The van der Waals surface area contributed by atoms with Crippen molar-refractivity contribution in [2.24, 2.45) is 17.3 Å². The Hall–Kier alpha value is -2.70. The minimum atomic E-state index is -0.810. The number of carbonyl (C=O) groups excluding carboxylic acids is 1. The van der Waals surface area contributed by atoms with Crippen LogP contribution in [-0.2, 0) is 9.53 Å². The Balaban J connectivity index is 2.23. The van der Waals surface area contributed by atoms with Gasteiger partial charge in [-0.1, -0.05) is 81.6 Å². The molecule has 0 aliphatic rings. The van der Waals surface area contributed by atoms with Gasteiger partial charge in [0.25, 0.3) is 0 Å². The van der Waals surface area contributed by atoms with Crippen LogP contribution in [0.4, 0.5) is 0 Å². The summed E-state index contributed by atoms with van der Waals surface area (Å²) in [5.41, 5.74) is 0.206. The Bertz CT molecular complexity index is 919. The normalized spacial score (nSPS) is 14.0. The number of hydrogen-bond donors (Lipinski definition) is 0. The summed E-state index contributed by atoms with van der Waals surface area (Å²) in [5, 5.41) is 0.637. The van der Waals surface area contributed by atoms with Crippen LogP contribution in [0, 0.1) is 29.6 Å². The van der Waals surface area contributed by atoms with Crippen LogP contribution in [0.25, 0.3) is 0 Å². The number of terminal acetylenes is 1. The van der Waals surface area contributed by atoms with Crippen molar-refractivity contribution >= 4 is 17.6 Å². The molecule has 0 amide bonds. The lowest BCUT2D eigenvalue weighted by molar-refractivity contribution is -0.157. The standard InChI is InChI=1S/C26H29ClO3/c1-7-23(30-25(28)24(18(2)3)26(5,6)17-19(4)27)20-12-11-15-22(16-20)29-21-13-9-8-10-14-21/h1,8-18,23-24H,2-6H3. The lowest BCUT2D eigenvalue weighted by Gasteiger charge is -2.33. The summed E-state index contributed by atoms with van der Waals surface area (Å²) < 4.78 is 11.7. The van der Waals surface area contributed by atoms with Gasteiger partial charge in [-0.2, -0.15) is 0 Å². The van der Waals surface area contributed by atoms with E-state index < -0.39 is 17.4 Å². The van der Waals surface area contributed by atoms with E-state index in [1.807, 2.05) is 82.3 Å². The number of halogens is 1. The van der Waals surface area contributed by atoms with Gasteiger partial charge in [-0.3, -0.25) is 4.79 Å². The maximum absolute atomic E-state index is 13.1. The zero-order chi connectivity index (χ0) is 22.3. The number of allylic oxidation sites excluding steroid dienone is 2. The van der Waals surface area contributed by atoms with Crippen molar-refractivity contribution in [3.05, 3.63) is 71.3 Å². The highest BCUT2D eigenvalue weighted by Gasteiger charge is 2.38. The third-order valence-corrected chi connectivity index (χ3v) is 4.93. The van der Waals surface area contributed by atoms with Crippen molar-refractivity contribution in [3.8, 4) is 23.8 Å². The number of rotatable bonds is 8. The van der Waals surface area contributed by atoms with Gasteiger partial charge in [-0.15, -0.1) is 6.42 Å². The average Bonchev–Trinajstić information content (AvgIpc) is 2.65. The van der Waals surface area contributed by atoms with Crippen LogP contribution in [0.3, 0.4) is 0 Å². The summed E-state index contributed by atoms with van der Waals surface area (Å²) in [6, 6.07) is 16.7. The van der Waals surface area contributed by atoms with E-state index in [-0.39, 0.29) is 11.9 Å². The van der Waals surface area contributed by atoms with Crippen molar-refractivity contribution < 1.29 is 14.3 Å². The third-order valence-electron chi connectivity index (χ3n) is 4.82. The third kappa shape index (κ3) is 6.40. The maximum atomic E-state index is 13.1. The largest absolute Gasteiger partial charge is 0.457 e. The van der Waals surface area contributed by atoms with Crippen molar-refractivity contribution in [1.29, 1.82) is 0 Å². The van der Waals surface area contributed by atoms with Gasteiger partial charge < -0.3 is 9.47 Å². The van der Waals surface area contributed by atoms with Crippen LogP contribution < -0.4 is 4.74 Å². The molecule has 2 aromatic rings. The highest BCUT2D eigenvalue weighted by Crippen LogP contribution is 2.38. The molecule has 0 spiro atoms. The molecule has 3 nitrogen and oxygen atoms in total. The second kappa shape index (κ2) is 10.4. The van der Waals surface area contributed by atoms with Crippen molar-refractivity contribution in [2.75, 3.05) is 0 Å². The van der Waals surface area contributed by atoms with Crippen LogP contribution in [0.15, 0.2) is 65.7 Å². The molecule has 0 saturated heterocycles. The molecule has 2 unspecified atom stereocenters. The van der Waals surface area contributed by atoms with Gasteiger partial charge in [-0.25, -0.2) is 0 Å².